The monoisotopic (exact) mass is 294 g/mol. The lowest BCUT2D eigenvalue weighted by Crippen LogP contribution is -2.36. The number of hydrogen-bond acceptors (Lipinski definition) is 5. The highest BCUT2D eigenvalue weighted by molar-refractivity contribution is 7.89. The minimum atomic E-state index is -3.77. The van der Waals surface area contributed by atoms with E-state index in [0.717, 1.165) is 4.31 Å². The predicted molar refractivity (Wildman–Crippen MR) is 67.0 cm³/mol. The number of rotatable bonds is 7. The summed E-state index contributed by atoms with van der Waals surface area (Å²) < 4.78 is 30.5. The topological polar surface area (TPSA) is 79.7 Å². The Morgan fingerprint density at radius 1 is 1.50 bits per heavy atom. The van der Waals surface area contributed by atoms with Crippen molar-refractivity contribution in [1.29, 1.82) is 0 Å². The molecule has 0 aliphatic heterocycles. The Hall–Kier alpha value is -0.730. The molecular formula is C10H15ClN2O4S. The van der Waals surface area contributed by atoms with E-state index in [-0.39, 0.29) is 36.4 Å². The van der Waals surface area contributed by atoms with Gasteiger partial charge in [0.25, 0.3) is 0 Å². The zero-order valence-electron chi connectivity index (χ0n) is 9.91. The molecule has 0 fully saturated rings. The van der Waals surface area contributed by atoms with Gasteiger partial charge in [0.05, 0.1) is 13.2 Å². The molecule has 0 spiro atoms. The van der Waals surface area contributed by atoms with Crippen LogP contribution in [-0.4, -0.2) is 56.2 Å². The number of hydrogen-bond donors (Lipinski definition) is 1. The van der Waals surface area contributed by atoms with Gasteiger partial charge in [-0.2, -0.15) is 4.31 Å². The van der Waals surface area contributed by atoms with Gasteiger partial charge >= 0.3 is 0 Å². The molecule has 0 atom stereocenters. The molecule has 1 N–H and O–H groups in total. The van der Waals surface area contributed by atoms with E-state index in [1.807, 2.05) is 0 Å². The number of halogens is 1. The Bertz CT molecular complexity index is 481. The number of aliphatic hydroxyl groups is 1. The maximum Gasteiger partial charge on any atom is 0.246 e. The summed E-state index contributed by atoms with van der Waals surface area (Å²) in [6.07, 6.45) is 1.41. The lowest BCUT2D eigenvalue weighted by atomic mass is 10.5. The molecule has 0 unspecified atom stereocenters. The van der Waals surface area contributed by atoms with Gasteiger partial charge in [-0.05, 0) is 12.1 Å². The van der Waals surface area contributed by atoms with Crippen LogP contribution in [0, 0.1) is 0 Å². The molecule has 0 saturated carbocycles. The fraction of sp³-hybridized carbons (Fsp3) is 0.500. The molecule has 8 heteroatoms. The van der Waals surface area contributed by atoms with E-state index in [0.29, 0.717) is 0 Å². The van der Waals surface area contributed by atoms with Crippen molar-refractivity contribution >= 4 is 21.6 Å². The van der Waals surface area contributed by atoms with E-state index in [4.69, 9.17) is 21.4 Å². The third kappa shape index (κ3) is 3.63. The molecule has 0 bridgehead atoms. The molecule has 0 amide bonds. The number of pyridine rings is 1. The lowest BCUT2D eigenvalue weighted by molar-refractivity contribution is 0.168. The summed E-state index contributed by atoms with van der Waals surface area (Å²) in [5.41, 5.74) is 0. The molecule has 0 saturated heterocycles. The van der Waals surface area contributed by atoms with Crippen LogP contribution in [0.5, 0.6) is 0 Å². The number of aromatic nitrogens is 1. The summed E-state index contributed by atoms with van der Waals surface area (Å²) in [7, 11) is -2.29. The number of aliphatic hydroxyl groups excluding tert-OH is 1. The lowest BCUT2D eigenvalue weighted by Gasteiger charge is -2.21. The van der Waals surface area contributed by atoms with Crippen molar-refractivity contribution in [2.75, 3.05) is 33.4 Å². The van der Waals surface area contributed by atoms with Gasteiger partial charge in [-0.15, -0.1) is 0 Å². The van der Waals surface area contributed by atoms with Crippen LogP contribution >= 0.6 is 11.6 Å². The Kier molecular flexibility index (Phi) is 5.97. The van der Waals surface area contributed by atoms with Crippen LogP contribution in [0.4, 0.5) is 0 Å². The summed E-state index contributed by atoms with van der Waals surface area (Å²) in [6.45, 7) is 0.0828. The first-order valence-electron chi connectivity index (χ1n) is 5.24. The highest BCUT2D eigenvalue weighted by Gasteiger charge is 2.26. The normalized spacial score (nSPS) is 12.0. The van der Waals surface area contributed by atoms with Crippen molar-refractivity contribution in [2.24, 2.45) is 0 Å². The summed E-state index contributed by atoms with van der Waals surface area (Å²) in [5.74, 6) is 0. The second-order valence-corrected chi connectivity index (χ2v) is 5.68. The average molecular weight is 295 g/mol. The zero-order chi connectivity index (χ0) is 13.6. The number of nitrogens with zero attached hydrogens (tertiary/aromatic N) is 2. The summed E-state index contributed by atoms with van der Waals surface area (Å²) >= 11 is 5.78. The molecule has 0 aromatic carbocycles. The van der Waals surface area contributed by atoms with E-state index in [1.54, 1.807) is 0 Å². The Morgan fingerprint density at radius 3 is 2.78 bits per heavy atom. The molecule has 0 aliphatic rings. The van der Waals surface area contributed by atoms with Crippen molar-refractivity contribution in [3.63, 3.8) is 0 Å². The van der Waals surface area contributed by atoms with Crippen LogP contribution in [-0.2, 0) is 14.8 Å². The van der Waals surface area contributed by atoms with Crippen molar-refractivity contribution in [3.8, 4) is 0 Å². The van der Waals surface area contributed by atoms with Gasteiger partial charge < -0.3 is 9.84 Å². The quantitative estimate of drug-likeness (QED) is 0.735. The molecule has 6 nitrogen and oxygen atoms in total. The van der Waals surface area contributed by atoms with Gasteiger partial charge in [-0.1, -0.05) is 11.6 Å². The van der Waals surface area contributed by atoms with Crippen LogP contribution in [0.2, 0.25) is 5.15 Å². The first-order chi connectivity index (χ1) is 8.54. The number of ether oxygens (including phenoxy) is 1. The van der Waals surface area contributed by atoms with Gasteiger partial charge in [-0.25, -0.2) is 13.4 Å². The fourth-order valence-corrected chi connectivity index (χ4v) is 3.20. The smallest absolute Gasteiger partial charge is 0.246 e. The number of sulfonamides is 1. The Morgan fingerprint density at radius 2 is 2.22 bits per heavy atom. The Labute approximate surface area is 111 Å². The molecule has 1 heterocycles. The predicted octanol–water partition coefficient (Wildman–Crippen LogP) is 0.364. The maximum atomic E-state index is 12.3. The van der Waals surface area contributed by atoms with Crippen LogP contribution in [0.25, 0.3) is 0 Å². The highest BCUT2D eigenvalue weighted by atomic mass is 35.5. The van der Waals surface area contributed by atoms with E-state index < -0.39 is 10.0 Å². The van der Waals surface area contributed by atoms with E-state index in [9.17, 15) is 8.42 Å². The molecular weight excluding hydrogens is 280 g/mol. The average Bonchev–Trinajstić information content (AvgIpc) is 2.34. The van der Waals surface area contributed by atoms with Gasteiger partial charge in [0.2, 0.25) is 10.0 Å². The Balaban J connectivity index is 3.05. The molecule has 102 valence electrons. The summed E-state index contributed by atoms with van der Waals surface area (Å²) in [4.78, 5) is 3.66. The maximum absolute atomic E-state index is 12.3. The summed E-state index contributed by atoms with van der Waals surface area (Å²) in [5, 5.41) is 8.83. The second-order valence-electron chi connectivity index (χ2n) is 3.41. The minimum Gasteiger partial charge on any atom is -0.395 e. The summed E-state index contributed by atoms with van der Waals surface area (Å²) in [6, 6.07) is 2.87. The second kappa shape index (κ2) is 7.01. The van der Waals surface area contributed by atoms with Gasteiger partial charge in [0.15, 0.2) is 0 Å². The minimum absolute atomic E-state index is 0.0169. The van der Waals surface area contributed by atoms with Crippen LogP contribution in [0.1, 0.15) is 0 Å². The van der Waals surface area contributed by atoms with Crippen molar-refractivity contribution in [2.45, 2.75) is 4.90 Å². The van der Waals surface area contributed by atoms with Crippen LogP contribution < -0.4 is 0 Å². The van der Waals surface area contributed by atoms with Gasteiger partial charge in [-0.3, -0.25) is 0 Å². The SMILES string of the molecule is COCCN(CCO)S(=O)(=O)c1cccnc1Cl. The van der Waals surface area contributed by atoms with Gasteiger partial charge in [0.1, 0.15) is 10.0 Å². The molecule has 0 radical (unpaired) electrons. The first kappa shape index (κ1) is 15.3. The fourth-order valence-electron chi connectivity index (χ4n) is 1.36. The molecule has 0 aliphatic carbocycles. The van der Waals surface area contributed by atoms with Crippen LogP contribution in [0.3, 0.4) is 0 Å². The molecule has 18 heavy (non-hydrogen) atoms. The molecule has 1 aromatic rings. The van der Waals surface area contributed by atoms with Crippen molar-refractivity contribution in [3.05, 3.63) is 23.5 Å². The van der Waals surface area contributed by atoms with E-state index in [2.05, 4.69) is 4.98 Å². The van der Waals surface area contributed by atoms with Crippen molar-refractivity contribution in [1.82, 2.24) is 9.29 Å². The third-order valence-corrected chi connectivity index (χ3v) is 4.58. The third-order valence-electron chi connectivity index (χ3n) is 2.24. The first-order valence-corrected chi connectivity index (χ1v) is 7.06. The number of methoxy groups -OCH3 is 1. The van der Waals surface area contributed by atoms with Crippen LogP contribution in [0.15, 0.2) is 23.2 Å². The highest BCUT2D eigenvalue weighted by Crippen LogP contribution is 2.21. The van der Waals surface area contributed by atoms with E-state index >= 15 is 0 Å². The largest absolute Gasteiger partial charge is 0.395 e. The van der Waals surface area contributed by atoms with E-state index in [1.165, 1.54) is 25.4 Å². The molecule has 1 rings (SSSR count). The zero-order valence-corrected chi connectivity index (χ0v) is 11.5. The van der Waals surface area contributed by atoms with Gasteiger partial charge in [0, 0.05) is 26.4 Å². The standard InChI is InChI=1S/C10H15ClN2O4S/c1-17-8-6-13(5-7-14)18(15,16)9-3-2-4-12-10(9)11/h2-4,14H,5-8H2,1H3. The van der Waals surface area contributed by atoms with Crippen molar-refractivity contribution < 1.29 is 18.3 Å². The molecule has 1 aromatic heterocycles.